The molecule has 0 spiro atoms. The summed E-state index contributed by atoms with van der Waals surface area (Å²) >= 11 is 4.13. The van der Waals surface area contributed by atoms with Gasteiger partial charge < -0.3 is 10.4 Å². The zero-order chi connectivity index (χ0) is 23.4. The second-order valence-electron chi connectivity index (χ2n) is 7.68. The number of hydrogen-bond donors (Lipinski definition) is 3. The molecule has 0 bridgehead atoms. The highest BCUT2D eigenvalue weighted by Gasteiger charge is 2.35. The van der Waals surface area contributed by atoms with Gasteiger partial charge in [0.25, 0.3) is 0 Å². The number of carboxylic acids is 1. The van der Waals surface area contributed by atoms with E-state index in [9.17, 15) is 19.5 Å². The normalized spacial score (nSPS) is 18.2. The molecular weight excluding hydrogens is 482 g/mol. The molecule has 0 radical (unpaired) electrons. The topological polar surface area (TPSA) is 134 Å². The van der Waals surface area contributed by atoms with E-state index in [-0.39, 0.29) is 17.6 Å². The van der Waals surface area contributed by atoms with Crippen LogP contribution in [0.25, 0.3) is 10.2 Å². The number of amides is 2. The maximum Gasteiger partial charge on any atom is 0.307 e. The van der Waals surface area contributed by atoms with E-state index in [1.807, 2.05) is 19.1 Å². The van der Waals surface area contributed by atoms with Crippen LogP contribution in [0.3, 0.4) is 0 Å². The van der Waals surface area contributed by atoms with Gasteiger partial charge in [0.2, 0.25) is 16.9 Å². The first-order valence-corrected chi connectivity index (χ1v) is 13.2. The van der Waals surface area contributed by atoms with Crippen LogP contribution >= 0.6 is 34.4 Å². The fourth-order valence-electron chi connectivity index (χ4n) is 3.75. The number of nitrogens with one attached hydrogen (secondary N) is 2. The van der Waals surface area contributed by atoms with Crippen molar-refractivity contribution in [2.45, 2.75) is 43.4 Å². The number of thioether (sulfide) groups is 1. The number of aromatic nitrogens is 3. The highest BCUT2D eigenvalue weighted by atomic mass is 32.2. The van der Waals surface area contributed by atoms with Crippen LogP contribution < -0.4 is 10.6 Å². The SMILES string of the molecule is CCc1nnc(NC(=O)CSc2nc3ccc(NC(=O)C4CCCCC4C(=O)O)cc3s2)s1. The highest BCUT2D eigenvalue weighted by Crippen LogP contribution is 2.33. The van der Waals surface area contributed by atoms with Crippen LogP contribution in [0, 0.1) is 11.8 Å². The summed E-state index contributed by atoms with van der Waals surface area (Å²) in [5, 5.41) is 24.3. The third-order valence-corrected chi connectivity index (χ3v) is 8.54. The van der Waals surface area contributed by atoms with Crippen molar-refractivity contribution in [3.63, 3.8) is 0 Å². The van der Waals surface area contributed by atoms with Crippen molar-refractivity contribution in [3.8, 4) is 0 Å². The lowest BCUT2D eigenvalue weighted by molar-refractivity contribution is -0.147. The minimum absolute atomic E-state index is 0.175. The maximum absolute atomic E-state index is 12.7. The maximum atomic E-state index is 12.7. The second kappa shape index (κ2) is 10.6. The Kier molecular flexibility index (Phi) is 7.56. The predicted molar refractivity (Wildman–Crippen MR) is 130 cm³/mol. The monoisotopic (exact) mass is 505 g/mol. The summed E-state index contributed by atoms with van der Waals surface area (Å²) in [6, 6.07) is 5.41. The Bertz CT molecular complexity index is 1180. The lowest BCUT2D eigenvalue weighted by Gasteiger charge is -2.27. The van der Waals surface area contributed by atoms with E-state index >= 15 is 0 Å². The molecule has 1 fully saturated rings. The third-order valence-electron chi connectivity index (χ3n) is 5.40. The zero-order valence-electron chi connectivity index (χ0n) is 17.9. The molecular formula is C21H23N5O4S3. The van der Waals surface area contributed by atoms with Gasteiger partial charge in [0.05, 0.1) is 27.8 Å². The first-order chi connectivity index (χ1) is 15.9. The number of benzene rings is 1. The van der Waals surface area contributed by atoms with E-state index in [2.05, 4.69) is 25.8 Å². The fourth-order valence-corrected chi connectivity index (χ4v) is 6.35. The van der Waals surface area contributed by atoms with E-state index in [1.165, 1.54) is 34.4 Å². The average Bonchev–Trinajstić information content (AvgIpc) is 3.43. The first-order valence-electron chi connectivity index (χ1n) is 10.6. The van der Waals surface area contributed by atoms with E-state index < -0.39 is 17.8 Å². The molecule has 0 aliphatic heterocycles. The van der Waals surface area contributed by atoms with Crippen LogP contribution in [0.4, 0.5) is 10.8 Å². The van der Waals surface area contributed by atoms with Crippen LogP contribution in [0.15, 0.2) is 22.5 Å². The molecule has 2 aromatic heterocycles. The molecule has 2 atom stereocenters. The fraction of sp³-hybridized carbons (Fsp3) is 0.429. The minimum Gasteiger partial charge on any atom is -0.481 e. The summed E-state index contributed by atoms with van der Waals surface area (Å²) in [7, 11) is 0. The van der Waals surface area contributed by atoms with E-state index in [0.717, 1.165) is 38.8 Å². The van der Waals surface area contributed by atoms with E-state index in [1.54, 1.807) is 6.07 Å². The van der Waals surface area contributed by atoms with Crippen LogP contribution in [0.1, 0.15) is 37.6 Å². The van der Waals surface area contributed by atoms with Gasteiger partial charge in [-0.15, -0.1) is 21.5 Å². The summed E-state index contributed by atoms with van der Waals surface area (Å²) in [5.74, 6) is -2.28. The Balaban J connectivity index is 1.36. The molecule has 1 aliphatic carbocycles. The van der Waals surface area contributed by atoms with Crippen molar-refractivity contribution in [2.75, 3.05) is 16.4 Å². The van der Waals surface area contributed by atoms with Crippen LogP contribution in [0.2, 0.25) is 0 Å². The second-order valence-corrected chi connectivity index (χ2v) is 11.0. The molecule has 9 nitrogen and oxygen atoms in total. The van der Waals surface area contributed by atoms with E-state index in [0.29, 0.717) is 23.7 Å². The number of aliphatic carboxylic acids is 1. The molecule has 4 rings (SSSR count). The molecule has 1 aliphatic rings. The Hall–Kier alpha value is -2.57. The van der Waals surface area contributed by atoms with Gasteiger partial charge in [-0.1, -0.05) is 42.9 Å². The smallest absolute Gasteiger partial charge is 0.307 e. The van der Waals surface area contributed by atoms with Crippen molar-refractivity contribution >= 4 is 73.3 Å². The number of carbonyl (C=O) groups excluding carboxylic acids is 2. The number of carbonyl (C=O) groups is 3. The van der Waals surface area contributed by atoms with Crippen molar-refractivity contribution in [3.05, 3.63) is 23.2 Å². The number of fused-ring (bicyclic) bond motifs is 1. The quantitative estimate of drug-likeness (QED) is 0.386. The van der Waals surface area contributed by atoms with Gasteiger partial charge in [-0.25, -0.2) is 4.98 Å². The summed E-state index contributed by atoms with van der Waals surface area (Å²) in [6.07, 6.45) is 3.60. The molecule has 12 heteroatoms. The van der Waals surface area contributed by atoms with Gasteiger partial charge in [0, 0.05) is 5.69 Å². The van der Waals surface area contributed by atoms with Crippen molar-refractivity contribution in [1.82, 2.24) is 15.2 Å². The Labute approximate surface area is 202 Å². The average molecular weight is 506 g/mol. The van der Waals surface area contributed by atoms with Gasteiger partial charge in [-0.2, -0.15) is 0 Å². The highest BCUT2D eigenvalue weighted by molar-refractivity contribution is 8.01. The largest absolute Gasteiger partial charge is 0.481 e. The standard InChI is InChI=1S/C21H23N5O4S3/c1-2-17-25-26-20(33-17)24-16(27)10-31-21-23-14-8-7-11(9-15(14)32-21)22-18(28)12-5-3-4-6-13(12)19(29)30/h7-9,12-13H,2-6,10H2,1H3,(H,22,28)(H,29,30)(H,24,26,27). The van der Waals surface area contributed by atoms with Crippen molar-refractivity contribution in [2.24, 2.45) is 11.8 Å². The van der Waals surface area contributed by atoms with Gasteiger partial charge in [0.15, 0.2) is 4.34 Å². The lowest BCUT2D eigenvalue weighted by Crippen LogP contribution is -2.36. The third kappa shape index (κ3) is 5.87. The number of aryl methyl sites for hydroxylation is 1. The molecule has 1 aromatic carbocycles. The summed E-state index contributed by atoms with van der Waals surface area (Å²) in [5.41, 5.74) is 1.39. The Morgan fingerprint density at radius 2 is 1.91 bits per heavy atom. The van der Waals surface area contributed by atoms with Crippen molar-refractivity contribution in [1.29, 1.82) is 0 Å². The molecule has 174 valence electrons. The molecule has 2 heterocycles. The van der Waals surface area contributed by atoms with Crippen LogP contribution in [0.5, 0.6) is 0 Å². The number of hydrogen-bond acceptors (Lipinski definition) is 9. The molecule has 3 N–H and O–H groups in total. The van der Waals surface area contributed by atoms with Crippen molar-refractivity contribution < 1.29 is 19.5 Å². The van der Waals surface area contributed by atoms with E-state index in [4.69, 9.17) is 0 Å². The summed E-state index contributed by atoms with van der Waals surface area (Å²) in [6.45, 7) is 1.98. The number of thiazole rings is 1. The number of rotatable bonds is 8. The number of carboxylic acid groups (broad SMARTS) is 1. The Morgan fingerprint density at radius 1 is 1.12 bits per heavy atom. The molecule has 0 saturated heterocycles. The number of anilines is 2. The molecule has 1 saturated carbocycles. The van der Waals surface area contributed by atoms with Gasteiger partial charge >= 0.3 is 5.97 Å². The van der Waals surface area contributed by atoms with Gasteiger partial charge in [-0.3, -0.25) is 19.7 Å². The molecule has 3 aromatic rings. The van der Waals surface area contributed by atoms with Crippen LogP contribution in [-0.2, 0) is 20.8 Å². The van der Waals surface area contributed by atoms with Crippen LogP contribution in [-0.4, -0.2) is 43.8 Å². The van der Waals surface area contributed by atoms with Gasteiger partial charge in [0.1, 0.15) is 5.01 Å². The molecule has 2 unspecified atom stereocenters. The summed E-state index contributed by atoms with van der Waals surface area (Å²) < 4.78 is 1.62. The number of nitrogens with zero attached hydrogens (tertiary/aromatic N) is 3. The predicted octanol–water partition coefficient (Wildman–Crippen LogP) is 4.27. The zero-order valence-corrected chi connectivity index (χ0v) is 20.3. The Morgan fingerprint density at radius 3 is 2.64 bits per heavy atom. The first kappa shape index (κ1) is 23.6. The lowest BCUT2D eigenvalue weighted by atomic mass is 9.78. The molecule has 33 heavy (non-hydrogen) atoms. The minimum atomic E-state index is -0.907. The van der Waals surface area contributed by atoms with Gasteiger partial charge in [-0.05, 0) is 37.5 Å². The molecule has 2 amide bonds. The summed E-state index contributed by atoms with van der Waals surface area (Å²) in [4.78, 5) is 41.0.